The second kappa shape index (κ2) is 22.1. The largest absolute Gasteiger partial charge is 0.481 e. The van der Waals surface area contributed by atoms with Gasteiger partial charge in [-0.05, 0) is 91.8 Å². The summed E-state index contributed by atoms with van der Waals surface area (Å²) in [5, 5.41) is 46.0. The van der Waals surface area contributed by atoms with E-state index in [9.17, 15) is 48.6 Å². The topological polar surface area (TPSA) is 275 Å². The molecule has 0 aliphatic rings. The van der Waals surface area contributed by atoms with Crippen LogP contribution in [-0.2, 0) is 33.5 Å². The molecule has 0 aliphatic heterocycles. The van der Waals surface area contributed by atoms with Gasteiger partial charge in [-0.3, -0.25) is 19.2 Å². The van der Waals surface area contributed by atoms with Crippen molar-refractivity contribution in [2.24, 2.45) is 0 Å². The van der Waals surface area contributed by atoms with E-state index < -0.39 is 72.8 Å². The highest BCUT2D eigenvalue weighted by atomic mass is 127. The van der Waals surface area contributed by atoms with Crippen molar-refractivity contribution in [2.45, 2.75) is 82.4 Å². The van der Waals surface area contributed by atoms with Crippen LogP contribution in [0, 0.1) is 3.57 Å². The van der Waals surface area contributed by atoms with E-state index in [1.54, 1.807) is 24.3 Å². The second-order valence-electron chi connectivity index (χ2n) is 10.3. The minimum Gasteiger partial charge on any atom is -0.481 e. The zero-order valence-electron chi connectivity index (χ0n) is 25.4. The van der Waals surface area contributed by atoms with Crippen LogP contribution in [0.5, 0.6) is 0 Å². The average molecular weight is 779 g/mol. The third kappa shape index (κ3) is 18.3. The zero-order valence-corrected chi connectivity index (χ0v) is 27.5. The van der Waals surface area contributed by atoms with Gasteiger partial charge in [0.05, 0.1) is 0 Å². The molecule has 0 radical (unpaired) electrons. The molecule has 4 amide bonds. The van der Waals surface area contributed by atoms with E-state index in [0.29, 0.717) is 24.9 Å². The van der Waals surface area contributed by atoms with Gasteiger partial charge in [-0.15, -0.1) is 0 Å². The Morgan fingerprint density at radius 2 is 1.19 bits per heavy atom. The number of aliphatic carboxylic acids is 4. The number of carboxylic acid groups (broad SMARTS) is 4. The number of hydrogen-bond donors (Lipinski definition) is 8. The molecule has 17 nitrogen and oxygen atoms in total. The normalized spacial score (nSPS) is 12.4. The van der Waals surface area contributed by atoms with Crippen molar-refractivity contribution in [2.75, 3.05) is 13.1 Å². The lowest BCUT2D eigenvalue weighted by molar-refractivity contribution is -0.147. The number of nitrogens with one attached hydrogen (secondary N) is 4. The number of carboxylic acids is 4. The number of hydrogen-bond acceptors (Lipinski definition) is 9. The summed E-state index contributed by atoms with van der Waals surface area (Å²) in [6.45, 7) is 0.432. The number of carbonyl (C=O) groups is 8. The number of halogens is 1. The Labute approximate surface area is 283 Å². The van der Waals surface area contributed by atoms with Crippen LogP contribution in [-0.4, -0.2) is 99.4 Å². The fourth-order valence-electron chi connectivity index (χ4n) is 3.96. The van der Waals surface area contributed by atoms with Crippen LogP contribution in [0.3, 0.4) is 0 Å². The van der Waals surface area contributed by atoms with Crippen molar-refractivity contribution in [1.82, 2.24) is 21.3 Å². The molecule has 0 aliphatic carbocycles. The van der Waals surface area contributed by atoms with E-state index >= 15 is 0 Å². The number of unbranched alkanes of at least 4 members (excludes halogenated alkanes) is 2. The molecular weight excluding hydrogens is 739 g/mol. The molecule has 0 heterocycles. The van der Waals surface area contributed by atoms with Gasteiger partial charge in [-0.1, -0.05) is 0 Å². The van der Waals surface area contributed by atoms with Crippen LogP contribution >= 0.6 is 22.6 Å². The Balaban J connectivity index is 2.29. The lowest BCUT2D eigenvalue weighted by Crippen LogP contribution is -2.43. The fraction of sp³-hybridized carbons (Fsp3) is 0.517. The van der Waals surface area contributed by atoms with Crippen molar-refractivity contribution in [3.63, 3.8) is 0 Å². The molecule has 0 aromatic heterocycles. The van der Waals surface area contributed by atoms with Crippen molar-refractivity contribution in [3.05, 3.63) is 33.4 Å². The number of benzene rings is 1. The van der Waals surface area contributed by atoms with Gasteiger partial charge in [0, 0.05) is 41.5 Å². The van der Waals surface area contributed by atoms with E-state index in [1.165, 1.54) is 0 Å². The molecule has 1 aromatic rings. The molecule has 3 atom stereocenters. The van der Waals surface area contributed by atoms with Gasteiger partial charge in [0.15, 0.2) is 0 Å². The standard InChI is InChI=1S/C29H39IN4O13/c30-18-9-7-17(8-10-18)25(39)32-16-3-1-5-19(26(40)41)33-23(36)13-12-22(35)31-15-4-2-6-21(28(44)45)47-29(46)34-20(27(42)43)11-14-24(37)38/h7-10,19-21H,1-6,11-16H2,(H,31,35)(H,32,39)(H,33,36)(H,34,46)(H,37,38)(H,40,41)(H,42,43)(H,44,45)/t19?,20-,21-/m0/s1. The lowest BCUT2D eigenvalue weighted by atomic mass is 10.1. The molecule has 0 fully saturated rings. The third-order valence-corrected chi connectivity index (χ3v) is 7.22. The number of ether oxygens (including phenoxy) is 1. The second-order valence-corrected chi connectivity index (χ2v) is 11.5. The Morgan fingerprint density at radius 1 is 0.638 bits per heavy atom. The lowest BCUT2D eigenvalue weighted by Gasteiger charge is -2.17. The summed E-state index contributed by atoms with van der Waals surface area (Å²) in [6.07, 6.45) is -3.11. The number of carbonyl (C=O) groups excluding carboxylic acids is 4. The highest BCUT2D eigenvalue weighted by Gasteiger charge is 2.26. The van der Waals surface area contributed by atoms with E-state index in [-0.39, 0.29) is 51.0 Å². The molecule has 0 spiro atoms. The summed E-state index contributed by atoms with van der Waals surface area (Å²) >= 11 is 2.13. The van der Waals surface area contributed by atoms with Gasteiger partial charge in [0.1, 0.15) is 12.1 Å². The molecule has 47 heavy (non-hydrogen) atoms. The molecule has 8 N–H and O–H groups in total. The van der Waals surface area contributed by atoms with Gasteiger partial charge < -0.3 is 46.4 Å². The van der Waals surface area contributed by atoms with E-state index in [4.69, 9.17) is 14.9 Å². The summed E-state index contributed by atoms with van der Waals surface area (Å²) in [6, 6.07) is 4.26. The van der Waals surface area contributed by atoms with Crippen LogP contribution in [0.4, 0.5) is 4.79 Å². The highest BCUT2D eigenvalue weighted by Crippen LogP contribution is 2.09. The molecule has 1 rings (SSSR count). The van der Waals surface area contributed by atoms with Crippen LogP contribution in [0.15, 0.2) is 24.3 Å². The number of amides is 4. The maximum Gasteiger partial charge on any atom is 0.408 e. The molecule has 18 heteroatoms. The highest BCUT2D eigenvalue weighted by molar-refractivity contribution is 14.1. The van der Waals surface area contributed by atoms with Gasteiger partial charge in [-0.25, -0.2) is 19.2 Å². The first-order valence-corrected chi connectivity index (χ1v) is 15.7. The van der Waals surface area contributed by atoms with E-state index in [0.717, 1.165) is 3.57 Å². The third-order valence-electron chi connectivity index (χ3n) is 6.50. The van der Waals surface area contributed by atoms with Crippen molar-refractivity contribution in [3.8, 4) is 0 Å². The van der Waals surface area contributed by atoms with Gasteiger partial charge in [0.25, 0.3) is 5.91 Å². The van der Waals surface area contributed by atoms with Crippen LogP contribution < -0.4 is 21.3 Å². The average Bonchev–Trinajstić information content (AvgIpc) is 3.00. The summed E-state index contributed by atoms with van der Waals surface area (Å²) in [7, 11) is 0. The molecule has 0 saturated heterocycles. The molecule has 0 bridgehead atoms. The smallest absolute Gasteiger partial charge is 0.408 e. The predicted molar refractivity (Wildman–Crippen MR) is 170 cm³/mol. The van der Waals surface area contributed by atoms with Crippen molar-refractivity contribution in [1.29, 1.82) is 0 Å². The zero-order chi connectivity index (χ0) is 35.4. The van der Waals surface area contributed by atoms with Crippen LogP contribution in [0.2, 0.25) is 0 Å². The Hall–Kier alpha value is -4.49. The van der Waals surface area contributed by atoms with Gasteiger partial charge >= 0.3 is 30.0 Å². The van der Waals surface area contributed by atoms with Crippen LogP contribution in [0.1, 0.15) is 74.6 Å². The fourth-order valence-corrected chi connectivity index (χ4v) is 4.32. The number of alkyl carbamates (subject to hydrolysis) is 1. The van der Waals surface area contributed by atoms with E-state index in [2.05, 4.69) is 38.5 Å². The minimum atomic E-state index is -1.62. The molecule has 1 aromatic carbocycles. The Bertz CT molecular complexity index is 1260. The van der Waals surface area contributed by atoms with Crippen LogP contribution in [0.25, 0.3) is 0 Å². The maximum atomic E-state index is 12.2. The Kier molecular flexibility index (Phi) is 19.1. The van der Waals surface area contributed by atoms with Crippen molar-refractivity contribution < 1.29 is 63.5 Å². The summed E-state index contributed by atoms with van der Waals surface area (Å²) in [4.78, 5) is 93.2. The van der Waals surface area contributed by atoms with Gasteiger partial charge in [0.2, 0.25) is 17.9 Å². The molecule has 0 saturated carbocycles. The number of rotatable bonds is 23. The van der Waals surface area contributed by atoms with Crippen molar-refractivity contribution >= 4 is 70.3 Å². The first kappa shape index (κ1) is 40.5. The predicted octanol–water partition coefficient (Wildman–Crippen LogP) is 1.32. The molecular formula is C29H39IN4O13. The summed E-state index contributed by atoms with van der Waals surface area (Å²) in [5.41, 5.74) is 0.510. The van der Waals surface area contributed by atoms with Gasteiger partial charge in [-0.2, -0.15) is 0 Å². The minimum absolute atomic E-state index is 0.104. The Morgan fingerprint density at radius 3 is 1.77 bits per heavy atom. The van der Waals surface area contributed by atoms with E-state index in [1.807, 2.05) is 5.32 Å². The maximum absolute atomic E-state index is 12.2. The molecule has 1 unspecified atom stereocenters. The first-order valence-electron chi connectivity index (χ1n) is 14.7. The summed E-state index contributed by atoms with van der Waals surface area (Å²) in [5.74, 6) is -6.89. The SMILES string of the molecule is O=C(O)CC[C@H](NC(=O)O[C@@H](CCCCNC(=O)CCC(=O)NC(CCCCNC(=O)c1ccc(I)cc1)C(=O)O)C(=O)O)C(=O)O. The molecule has 260 valence electrons. The first-order chi connectivity index (χ1) is 22.2. The summed E-state index contributed by atoms with van der Waals surface area (Å²) < 4.78 is 5.75. The monoisotopic (exact) mass is 778 g/mol. The quantitative estimate of drug-likeness (QED) is 0.0576.